The summed E-state index contributed by atoms with van der Waals surface area (Å²) in [5.74, 6) is 3.34. The summed E-state index contributed by atoms with van der Waals surface area (Å²) < 4.78 is 0. The number of hydrogen-bond donors (Lipinski definition) is 0. The van der Waals surface area contributed by atoms with E-state index in [0.717, 1.165) is 17.5 Å². The van der Waals surface area contributed by atoms with E-state index in [4.69, 9.17) is 0 Å². The summed E-state index contributed by atoms with van der Waals surface area (Å²) >= 11 is 0. The summed E-state index contributed by atoms with van der Waals surface area (Å²) in [6.07, 6.45) is 3.63. The van der Waals surface area contributed by atoms with E-state index in [-0.39, 0.29) is 0 Å². The molecule has 0 unspecified atom stereocenters. The van der Waals surface area contributed by atoms with Crippen molar-refractivity contribution in [2.24, 2.45) is 0 Å². The summed E-state index contributed by atoms with van der Waals surface area (Å²) in [6, 6.07) is 0. The molecule has 0 aliphatic carbocycles. The summed E-state index contributed by atoms with van der Waals surface area (Å²) in [4.78, 5) is 0. The topological polar surface area (TPSA) is 0 Å². The van der Waals surface area contributed by atoms with Gasteiger partial charge in [0.2, 0.25) is 0 Å². The smallest absolute Gasteiger partial charge is 0.133 e. The lowest BCUT2D eigenvalue weighted by molar-refractivity contribution is 0.828. The lowest BCUT2D eigenvalue weighted by Crippen LogP contribution is -2.18. The Balaban J connectivity index is 3.98. The molecule has 1 heteroatoms. The molecular formula is C12H23Si. The second-order valence-electron chi connectivity index (χ2n) is 4.17. The standard InChI is InChI=1S/C12H23Si/c1-6-7-8-9-10-13(11(2)3)12(4)5/h11-12H,6-8H2,1-5H3. The lowest BCUT2D eigenvalue weighted by atomic mass is 10.3. The van der Waals surface area contributed by atoms with E-state index < -0.39 is 8.80 Å². The summed E-state index contributed by atoms with van der Waals surface area (Å²) in [5, 5.41) is 0. The highest BCUT2D eigenvalue weighted by atomic mass is 28.3. The molecule has 1 radical (unpaired) electrons. The fraction of sp³-hybridized carbons (Fsp3) is 0.833. The highest BCUT2D eigenvalue weighted by molar-refractivity contribution is 6.70. The molecule has 0 spiro atoms. The number of hydrogen-bond acceptors (Lipinski definition) is 0. The van der Waals surface area contributed by atoms with Crippen molar-refractivity contribution in [3.05, 3.63) is 0 Å². The second-order valence-corrected chi connectivity index (χ2v) is 7.64. The zero-order valence-corrected chi connectivity index (χ0v) is 10.8. The highest BCUT2D eigenvalue weighted by Crippen LogP contribution is 2.18. The molecule has 0 atom stereocenters. The van der Waals surface area contributed by atoms with Gasteiger partial charge in [-0.25, -0.2) is 0 Å². The quantitative estimate of drug-likeness (QED) is 0.361. The van der Waals surface area contributed by atoms with E-state index >= 15 is 0 Å². The van der Waals surface area contributed by atoms with Crippen molar-refractivity contribution in [1.82, 2.24) is 0 Å². The van der Waals surface area contributed by atoms with Crippen LogP contribution in [0.15, 0.2) is 0 Å². The van der Waals surface area contributed by atoms with Crippen LogP contribution < -0.4 is 0 Å². The van der Waals surface area contributed by atoms with Gasteiger partial charge in [-0.1, -0.05) is 41.0 Å². The molecule has 75 valence electrons. The molecule has 0 aromatic heterocycles. The zero-order valence-electron chi connectivity index (χ0n) is 9.78. The van der Waals surface area contributed by atoms with Gasteiger partial charge in [0.15, 0.2) is 0 Å². The van der Waals surface area contributed by atoms with Gasteiger partial charge in [-0.05, 0) is 17.5 Å². The minimum absolute atomic E-state index is 0.420. The summed E-state index contributed by atoms with van der Waals surface area (Å²) in [6.45, 7) is 11.5. The maximum atomic E-state index is 3.51. The Morgan fingerprint density at radius 2 is 1.62 bits per heavy atom. The molecule has 0 saturated heterocycles. The average Bonchev–Trinajstić information content (AvgIpc) is 2.02. The minimum Gasteiger partial charge on any atom is -0.133 e. The van der Waals surface area contributed by atoms with Gasteiger partial charge in [-0.15, -0.1) is 11.5 Å². The van der Waals surface area contributed by atoms with Gasteiger partial charge in [0.25, 0.3) is 0 Å². The molecule has 0 N–H and O–H groups in total. The fourth-order valence-corrected chi connectivity index (χ4v) is 3.62. The predicted molar refractivity (Wildman–Crippen MR) is 63.3 cm³/mol. The molecule has 0 amide bonds. The van der Waals surface area contributed by atoms with Gasteiger partial charge in [0.05, 0.1) is 0 Å². The van der Waals surface area contributed by atoms with Crippen LogP contribution in [0.2, 0.25) is 11.1 Å². The Labute approximate surface area is 85.7 Å². The van der Waals surface area contributed by atoms with Gasteiger partial charge in [0, 0.05) is 6.42 Å². The van der Waals surface area contributed by atoms with Crippen LogP contribution in [0.25, 0.3) is 0 Å². The van der Waals surface area contributed by atoms with E-state index in [0.29, 0.717) is 0 Å². The highest BCUT2D eigenvalue weighted by Gasteiger charge is 2.17. The van der Waals surface area contributed by atoms with Crippen LogP contribution in [0.5, 0.6) is 0 Å². The molecule has 0 saturated carbocycles. The molecule has 0 aromatic carbocycles. The molecule has 13 heavy (non-hydrogen) atoms. The van der Waals surface area contributed by atoms with Crippen molar-refractivity contribution in [2.75, 3.05) is 0 Å². The third kappa shape index (κ3) is 5.93. The lowest BCUT2D eigenvalue weighted by Gasteiger charge is -2.15. The maximum absolute atomic E-state index is 3.51. The number of unbranched alkanes of at least 4 members (excludes halogenated alkanes) is 2. The molecule has 0 aliphatic heterocycles. The fourth-order valence-electron chi connectivity index (χ4n) is 1.39. The van der Waals surface area contributed by atoms with Crippen LogP contribution >= 0.6 is 0 Å². The molecule has 0 bridgehead atoms. The van der Waals surface area contributed by atoms with Crippen molar-refractivity contribution in [1.29, 1.82) is 0 Å². The molecule has 0 nitrogen and oxygen atoms in total. The zero-order chi connectivity index (χ0) is 10.3. The Morgan fingerprint density at radius 3 is 2.00 bits per heavy atom. The van der Waals surface area contributed by atoms with E-state index in [2.05, 4.69) is 46.1 Å². The van der Waals surface area contributed by atoms with Crippen LogP contribution in [0, 0.1) is 11.5 Å². The summed E-state index contributed by atoms with van der Waals surface area (Å²) in [5.41, 5.74) is 5.09. The van der Waals surface area contributed by atoms with Crippen molar-refractivity contribution >= 4 is 8.80 Å². The van der Waals surface area contributed by atoms with Crippen LogP contribution in [0.4, 0.5) is 0 Å². The third-order valence-electron chi connectivity index (χ3n) is 2.13. The minimum atomic E-state index is -0.420. The van der Waals surface area contributed by atoms with E-state index in [1.807, 2.05) is 0 Å². The van der Waals surface area contributed by atoms with Gasteiger partial charge >= 0.3 is 0 Å². The molecule has 0 aliphatic rings. The van der Waals surface area contributed by atoms with Crippen molar-refractivity contribution < 1.29 is 0 Å². The third-order valence-corrected chi connectivity index (χ3v) is 5.09. The first-order valence-electron chi connectivity index (χ1n) is 5.45. The molecular weight excluding hydrogens is 172 g/mol. The van der Waals surface area contributed by atoms with Crippen LogP contribution in [0.1, 0.15) is 53.9 Å². The monoisotopic (exact) mass is 195 g/mol. The molecule has 0 rings (SSSR count). The first kappa shape index (κ1) is 12.8. The van der Waals surface area contributed by atoms with E-state index in [9.17, 15) is 0 Å². The maximum Gasteiger partial charge on any atom is 0.150 e. The first-order chi connectivity index (χ1) is 6.09. The molecule has 0 heterocycles. The van der Waals surface area contributed by atoms with Crippen LogP contribution in [-0.4, -0.2) is 8.80 Å². The number of rotatable bonds is 4. The first-order valence-corrected chi connectivity index (χ1v) is 7.10. The largest absolute Gasteiger partial charge is 0.150 e. The van der Waals surface area contributed by atoms with Gasteiger partial charge in [-0.2, -0.15) is 0 Å². The molecule has 0 fully saturated rings. The molecule has 0 aromatic rings. The Kier molecular flexibility index (Phi) is 7.08. The Bertz CT molecular complexity index is 163. The van der Waals surface area contributed by atoms with Gasteiger partial charge in [0.1, 0.15) is 8.80 Å². The van der Waals surface area contributed by atoms with Crippen LogP contribution in [-0.2, 0) is 0 Å². The Morgan fingerprint density at radius 1 is 1.08 bits per heavy atom. The SMILES string of the molecule is CCCCC#C[Si](C(C)C)C(C)C. The van der Waals surface area contributed by atoms with Gasteiger partial charge in [-0.3, -0.25) is 0 Å². The van der Waals surface area contributed by atoms with E-state index in [1.54, 1.807) is 0 Å². The van der Waals surface area contributed by atoms with E-state index in [1.165, 1.54) is 12.8 Å². The second kappa shape index (κ2) is 7.21. The Hall–Kier alpha value is -0.223. The van der Waals surface area contributed by atoms with Crippen molar-refractivity contribution in [2.45, 2.75) is 65.0 Å². The average molecular weight is 195 g/mol. The van der Waals surface area contributed by atoms with Gasteiger partial charge < -0.3 is 0 Å². The van der Waals surface area contributed by atoms with Crippen LogP contribution in [0.3, 0.4) is 0 Å². The van der Waals surface area contributed by atoms with Crippen molar-refractivity contribution in [3.63, 3.8) is 0 Å². The summed E-state index contributed by atoms with van der Waals surface area (Å²) in [7, 11) is -0.420. The predicted octanol–water partition coefficient (Wildman–Crippen LogP) is 4.03. The normalized spacial score (nSPS) is 10.8. The van der Waals surface area contributed by atoms with Crippen molar-refractivity contribution in [3.8, 4) is 11.5 Å².